The van der Waals surface area contributed by atoms with E-state index in [1.54, 1.807) is 43.1 Å². The molecule has 2 amide bonds. The van der Waals surface area contributed by atoms with Gasteiger partial charge in [0, 0.05) is 12.2 Å². The maximum atomic E-state index is 12.2. The number of hydrogen-bond acceptors (Lipinski definition) is 4. The average Bonchev–Trinajstić information content (AvgIpc) is 2.52. The number of rotatable bonds is 7. The van der Waals surface area contributed by atoms with E-state index in [0.29, 0.717) is 17.8 Å². The number of carbonyl (C=O) groups excluding carboxylic acids is 2. The molecule has 0 aliphatic heterocycles. The third-order valence-electron chi connectivity index (χ3n) is 3.29. The molecule has 1 rings (SSSR count). The zero-order valence-electron chi connectivity index (χ0n) is 13.2. The molecule has 6 heteroatoms. The third kappa shape index (κ3) is 5.54. The van der Waals surface area contributed by atoms with Crippen molar-refractivity contribution in [3.8, 4) is 6.07 Å². The summed E-state index contributed by atoms with van der Waals surface area (Å²) < 4.78 is 0. The maximum absolute atomic E-state index is 12.2. The van der Waals surface area contributed by atoms with E-state index in [9.17, 15) is 9.59 Å². The molecule has 0 saturated heterocycles. The minimum absolute atomic E-state index is 0.0950. The molecule has 118 valence electrons. The smallest absolute Gasteiger partial charge is 0.241 e. The number of benzene rings is 1. The topological polar surface area (TPSA) is 85.2 Å². The van der Waals surface area contributed by atoms with Gasteiger partial charge in [0.2, 0.25) is 11.8 Å². The Morgan fingerprint density at radius 3 is 2.50 bits per heavy atom. The van der Waals surface area contributed by atoms with Crippen LogP contribution in [0.4, 0.5) is 5.69 Å². The summed E-state index contributed by atoms with van der Waals surface area (Å²) >= 11 is 0. The number of nitrogens with one attached hydrogen (secondary N) is 2. The van der Waals surface area contributed by atoms with Crippen LogP contribution < -0.4 is 10.6 Å². The average molecular weight is 302 g/mol. The summed E-state index contributed by atoms with van der Waals surface area (Å²) in [6, 6.07) is 8.22. The number of carbonyl (C=O) groups is 2. The molecule has 0 aliphatic rings. The SMILES string of the molecule is CCCNC(=O)CN(C)[C@H](C)C(=O)Nc1ccc(C#N)cc1. The zero-order chi connectivity index (χ0) is 16.5. The van der Waals surface area contributed by atoms with E-state index in [4.69, 9.17) is 5.26 Å². The zero-order valence-corrected chi connectivity index (χ0v) is 13.2. The van der Waals surface area contributed by atoms with Gasteiger partial charge in [0.05, 0.1) is 24.2 Å². The number of nitrogens with zero attached hydrogens (tertiary/aromatic N) is 2. The standard InChI is InChI=1S/C16H22N4O2/c1-4-9-18-15(21)11-20(3)12(2)16(22)19-14-7-5-13(10-17)6-8-14/h5-8,12H,4,9,11H2,1-3H3,(H,18,21)(H,19,22)/t12-/m1/s1. The first-order chi connectivity index (χ1) is 10.5. The van der Waals surface area contributed by atoms with Gasteiger partial charge in [-0.05, 0) is 44.7 Å². The summed E-state index contributed by atoms with van der Waals surface area (Å²) in [6.07, 6.45) is 0.879. The molecule has 2 N–H and O–H groups in total. The number of anilines is 1. The monoisotopic (exact) mass is 302 g/mol. The van der Waals surface area contributed by atoms with Gasteiger partial charge in [0.15, 0.2) is 0 Å². The maximum Gasteiger partial charge on any atom is 0.241 e. The summed E-state index contributed by atoms with van der Waals surface area (Å²) in [5.41, 5.74) is 1.16. The fraction of sp³-hybridized carbons (Fsp3) is 0.438. The molecule has 0 radical (unpaired) electrons. The van der Waals surface area contributed by atoms with Gasteiger partial charge in [-0.15, -0.1) is 0 Å². The lowest BCUT2D eigenvalue weighted by atomic mass is 10.2. The van der Waals surface area contributed by atoms with Crippen LogP contribution in [0.25, 0.3) is 0 Å². The fourth-order valence-corrected chi connectivity index (χ4v) is 1.76. The van der Waals surface area contributed by atoms with Crippen molar-refractivity contribution < 1.29 is 9.59 Å². The van der Waals surface area contributed by atoms with E-state index in [1.165, 1.54) is 0 Å². The van der Waals surface area contributed by atoms with Crippen molar-refractivity contribution >= 4 is 17.5 Å². The van der Waals surface area contributed by atoms with E-state index in [1.807, 2.05) is 13.0 Å². The predicted molar refractivity (Wildman–Crippen MR) is 85.2 cm³/mol. The van der Waals surface area contributed by atoms with Crippen molar-refractivity contribution in [2.24, 2.45) is 0 Å². The quantitative estimate of drug-likeness (QED) is 0.796. The van der Waals surface area contributed by atoms with Crippen LogP contribution in [0.5, 0.6) is 0 Å². The predicted octanol–water partition coefficient (Wildman–Crippen LogP) is 1.34. The normalized spacial score (nSPS) is 11.6. The minimum atomic E-state index is -0.442. The molecule has 0 heterocycles. The molecule has 0 spiro atoms. The molecule has 0 aliphatic carbocycles. The first kappa shape index (κ1) is 17.7. The largest absolute Gasteiger partial charge is 0.355 e. The van der Waals surface area contributed by atoms with Crippen LogP contribution in [0.2, 0.25) is 0 Å². The van der Waals surface area contributed by atoms with Crippen LogP contribution in [0.15, 0.2) is 24.3 Å². The molecular formula is C16H22N4O2. The van der Waals surface area contributed by atoms with Crippen LogP contribution in [-0.4, -0.2) is 42.9 Å². The van der Waals surface area contributed by atoms with E-state index in [0.717, 1.165) is 6.42 Å². The molecule has 1 aromatic rings. The van der Waals surface area contributed by atoms with Gasteiger partial charge in [-0.3, -0.25) is 14.5 Å². The summed E-state index contributed by atoms with van der Waals surface area (Å²) in [5, 5.41) is 14.3. The Hall–Kier alpha value is -2.39. The number of amides is 2. The summed E-state index contributed by atoms with van der Waals surface area (Å²) in [4.78, 5) is 25.5. The van der Waals surface area contributed by atoms with Crippen LogP contribution in [0.1, 0.15) is 25.8 Å². The number of nitriles is 1. The van der Waals surface area contributed by atoms with Gasteiger partial charge in [-0.1, -0.05) is 6.92 Å². The third-order valence-corrected chi connectivity index (χ3v) is 3.29. The van der Waals surface area contributed by atoms with Crippen molar-refractivity contribution in [2.75, 3.05) is 25.5 Å². The molecule has 1 atom stereocenters. The Balaban J connectivity index is 2.52. The molecule has 1 aromatic carbocycles. The van der Waals surface area contributed by atoms with Crippen LogP contribution >= 0.6 is 0 Å². The molecule has 0 saturated carbocycles. The number of likely N-dealkylation sites (N-methyl/N-ethyl adjacent to an activating group) is 1. The second kappa shape index (κ2) is 8.80. The summed E-state index contributed by atoms with van der Waals surface area (Å²) in [6.45, 7) is 4.53. The van der Waals surface area contributed by atoms with E-state index in [2.05, 4.69) is 10.6 Å². The van der Waals surface area contributed by atoms with E-state index in [-0.39, 0.29) is 18.4 Å². The number of hydrogen-bond donors (Lipinski definition) is 2. The second-order valence-corrected chi connectivity index (χ2v) is 5.12. The lowest BCUT2D eigenvalue weighted by molar-refractivity contribution is -0.124. The van der Waals surface area contributed by atoms with E-state index >= 15 is 0 Å². The molecule has 6 nitrogen and oxygen atoms in total. The highest BCUT2D eigenvalue weighted by molar-refractivity contribution is 5.94. The first-order valence-electron chi connectivity index (χ1n) is 7.26. The van der Waals surface area contributed by atoms with Gasteiger partial charge in [-0.2, -0.15) is 5.26 Å². The lowest BCUT2D eigenvalue weighted by Gasteiger charge is -2.23. The van der Waals surface area contributed by atoms with Crippen LogP contribution in [0, 0.1) is 11.3 Å². The van der Waals surface area contributed by atoms with Crippen LogP contribution in [0.3, 0.4) is 0 Å². The fourth-order valence-electron chi connectivity index (χ4n) is 1.76. The van der Waals surface area contributed by atoms with Crippen molar-refractivity contribution in [1.82, 2.24) is 10.2 Å². The van der Waals surface area contributed by atoms with Crippen molar-refractivity contribution in [1.29, 1.82) is 5.26 Å². The van der Waals surface area contributed by atoms with Crippen molar-refractivity contribution in [3.63, 3.8) is 0 Å². The highest BCUT2D eigenvalue weighted by atomic mass is 16.2. The summed E-state index contributed by atoms with van der Waals surface area (Å²) in [7, 11) is 1.73. The Kier molecular flexibility index (Phi) is 7.06. The van der Waals surface area contributed by atoms with E-state index < -0.39 is 6.04 Å². The Labute approximate surface area is 131 Å². The molecule has 0 unspecified atom stereocenters. The lowest BCUT2D eigenvalue weighted by Crippen LogP contribution is -2.44. The van der Waals surface area contributed by atoms with Crippen molar-refractivity contribution in [3.05, 3.63) is 29.8 Å². The molecule has 22 heavy (non-hydrogen) atoms. The van der Waals surface area contributed by atoms with Gasteiger partial charge in [0.25, 0.3) is 0 Å². The molecule has 0 fully saturated rings. The highest BCUT2D eigenvalue weighted by Crippen LogP contribution is 2.10. The van der Waals surface area contributed by atoms with Gasteiger partial charge in [0.1, 0.15) is 0 Å². The second-order valence-electron chi connectivity index (χ2n) is 5.12. The van der Waals surface area contributed by atoms with Crippen molar-refractivity contribution in [2.45, 2.75) is 26.3 Å². The molecular weight excluding hydrogens is 280 g/mol. The molecule has 0 aromatic heterocycles. The van der Waals surface area contributed by atoms with Gasteiger partial charge >= 0.3 is 0 Å². The Bertz CT molecular complexity index is 548. The first-order valence-corrected chi connectivity index (χ1v) is 7.26. The minimum Gasteiger partial charge on any atom is -0.355 e. The van der Waals surface area contributed by atoms with Gasteiger partial charge < -0.3 is 10.6 Å². The Morgan fingerprint density at radius 2 is 1.95 bits per heavy atom. The van der Waals surface area contributed by atoms with Crippen LogP contribution in [-0.2, 0) is 9.59 Å². The highest BCUT2D eigenvalue weighted by Gasteiger charge is 2.20. The Morgan fingerprint density at radius 1 is 1.32 bits per heavy atom. The molecule has 0 bridgehead atoms. The van der Waals surface area contributed by atoms with Gasteiger partial charge in [-0.25, -0.2) is 0 Å². The summed E-state index contributed by atoms with van der Waals surface area (Å²) in [5.74, 6) is -0.294.